The minimum Gasteiger partial charge on any atom is -0.342 e. The molecule has 26 heavy (non-hydrogen) atoms. The monoisotopic (exact) mass is 355 g/mol. The van der Waals surface area contributed by atoms with Gasteiger partial charge in [-0.3, -0.25) is 14.5 Å². The molecule has 0 unspecified atom stereocenters. The van der Waals surface area contributed by atoms with Gasteiger partial charge in [0.1, 0.15) is 0 Å². The summed E-state index contributed by atoms with van der Waals surface area (Å²) in [6, 6.07) is 6.23. The first-order chi connectivity index (χ1) is 12.7. The molecule has 5 heteroatoms. The Bertz CT molecular complexity index is 682. The third-order valence-corrected chi connectivity index (χ3v) is 6.04. The molecule has 2 fully saturated rings. The summed E-state index contributed by atoms with van der Waals surface area (Å²) >= 11 is 0. The molecule has 0 radical (unpaired) electrons. The molecule has 0 spiro atoms. The molecule has 1 aromatic carbocycles. The van der Waals surface area contributed by atoms with Crippen LogP contribution in [-0.4, -0.2) is 72.3 Å². The summed E-state index contributed by atoms with van der Waals surface area (Å²) in [4.78, 5) is 31.5. The average molecular weight is 355 g/mol. The molecule has 0 atom stereocenters. The highest BCUT2D eigenvalue weighted by atomic mass is 16.2. The highest BCUT2D eigenvalue weighted by Crippen LogP contribution is 2.23. The fourth-order valence-electron chi connectivity index (χ4n) is 4.48. The van der Waals surface area contributed by atoms with Gasteiger partial charge in [0.25, 0.3) is 5.91 Å². The predicted molar refractivity (Wildman–Crippen MR) is 101 cm³/mol. The number of likely N-dealkylation sites (tertiary alicyclic amines) is 1. The Hall–Kier alpha value is -1.88. The highest BCUT2D eigenvalue weighted by molar-refractivity contribution is 5.94. The molecule has 140 valence electrons. The SMILES string of the molecule is O=C(CN1CCCN(C(=O)c2ccc3c(c2)CCC3)CC1)N1CCCC1. The van der Waals surface area contributed by atoms with Crippen LogP contribution in [0, 0.1) is 0 Å². The van der Waals surface area contributed by atoms with Crippen molar-refractivity contribution < 1.29 is 9.59 Å². The fraction of sp³-hybridized carbons (Fsp3) is 0.619. The van der Waals surface area contributed by atoms with Crippen molar-refractivity contribution in [2.45, 2.75) is 38.5 Å². The second kappa shape index (κ2) is 7.78. The molecule has 3 aliphatic rings. The maximum atomic E-state index is 12.9. The number of hydrogen-bond donors (Lipinski definition) is 0. The van der Waals surface area contributed by atoms with E-state index in [-0.39, 0.29) is 11.8 Å². The van der Waals surface area contributed by atoms with E-state index in [9.17, 15) is 9.59 Å². The lowest BCUT2D eigenvalue weighted by atomic mass is 10.1. The smallest absolute Gasteiger partial charge is 0.253 e. The Morgan fingerprint density at radius 2 is 1.54 bits per heavy atom. The predicted octanol–water partition coefficient (Wildman–Crippen LogP) is 1.95. The van der Waals surface area contributed by atoms with Gasteiger partial charge in [-0.1, -0.05) is 6.07 Å². The number of carbonyl (C=O) groups excluding carboxylic acids is 2. The molecule has 2 saturated heterocycles. The minimum atomic E-state index is 0.146. The van der Waals surface area contributed by atoms with Crippen LogP contribution in [0.25, 0.3) is 0 Å². The maximum absolute atomic E-state index is 12.9. The number of amides is 2. The van der Waals surface area contributed by atoms with Crippen LogP contribution in [0.15, 0.2) is 18.2 Å². The van der Waals surface area contributed by atoms with Crippen molar-refractivity contribution in [2.75, 3.05) is 45.8 Å². The van der Waals surface area contributed by atoms with Crippen molar-refractivity contribution >= 4 is 11.8 Å². The quantitative estimate of drug-likeness (QED) is 0.832. The van der Waals surface area contributed by atoms with E-state index in [2.05, 4.69) is 17.0 Å². The van der Waals surface area contributed by atoms with Gasteiger partial charge in [0.05, 0.1) is 6.54 Å². The van der Waals surface area contributed by atoms with Crippen LogP contribution in [0.3, 0.4) is 0 Å². The first-order valence-electron chi connectivity index (χ1n) is 10.1. The normalized spacial score (nSPS) is 20.9. The Balaban J connectivity index is 1.34. The maximum Gasteiger partial charge on any atom is 0.253 e. The van der Waals surface area contributed by atoms with Crippen molar-refractivity contribution in [1.29, 1.82) is 0 Å². The van der Waals surface area contributed by atoms with Crippen molar-refractivity contribution in [2.24, 2.45) is 0 Å². The molecule has 0 bridgehead atoms. The summed E-state index contributed by atoms with van der Waals surface area (Å²) in [5, 5.41) is 0. The van der Waals surface area contributed by atoms with Crippen LogP contribution >= 0.6 is 0 Å². The lowest BCUT2D eigenvalue weighted by molar-refractivity contribution is -0.131. The molecule has 1 aliphatic carbocycles. The van der Waals surface area contributed by atoms with Gasteiger partial charge >= 0.3 is 0 Å². The number of rotatable bonds is 3. The summed E-state index contributed by atoms with van der Waals surface area (Å²) in [5.74, 6) is 0.397. The van der Waals surface area contributed by atoms with E-state index >= 15 is 0 Å². The van der Waals surface area contributed by atoms with Crippen LogP contribution in [0.2, 0.25) is 0 Å². The van der Waals surface area contributed by atoms with Gasteiger partial charge in [-0.15, -0.1) is 0 Å². The molecule has 4 rings (SSSR count). The van der Waals surface area contributed by atoms with Gasteiger partial charge in [-0.25, -0.2) is 0 Å². The molecule has 0 aromatic heterocycles. The van der Waals surface area contributed by atoms with Crippen molar-refractivity contribution in [3.05, 3.63) is 34.9 Å². The van der Waals surface area contributed by atoms with Crippen LogP contribution in [0.4, 0.5) is 0 Å². The van der Waals surface area contributed by atoms with Crippen LogP contribution in [0.1, 0.15) is 47.2 Å². The molecule has 2 amide bonds. The summed E-state index contributed by atoms with van der Waals surface area (Å²) in [7, 11) is 0. The third kappa shape index (κ3) is 3.78. The average Bonchev–Trinajstić information content (AvgIpc) is 3.30. The van der Waals surface area contributed by atoms with Gasteiger partial charge in [0.2, 0.25) is 5.91 Å². The summed E-state index contributed by atoms with van der Waals surface area (Å²) < 4.78 is 0. The van der Waals surface area contributed by atoms with E-state index in [1.807, 2.05) is 15.9 Å². The highest BCUT2D eigenvalue weighted by Gasteiger charge is 2.25. The molecule has 0 N–H and O–H groups in total. The van der Waals surface area contributed by atoms with Gasteiger partial charge in [-0.05, 0) is 61.8 Å². The summed E-state index contributed by atoms with van der Waals surface area (Å²) in [6.45, 7) is 5.50. The largest absolute Gasteiger partial charge is 0.342 e. The van der Waals surface area contributed by atoms with Gasteiger partial charge in [-0.2, -0.15) is 0 Å². The van der Waals surface area contributed by atoms with Crippen molar-refractivity contribution in [3.63, 3.8) is 0 Å². The molecule has 5 nitrogen and oxygen atoms in total. The lowest BCUT2D eigenvalue weighted by Gasteiger charge is -2.24. The second-order valence-corrected chi connectivity index (χ2v) is 7.85. The van der Waals surface area contributed by atoms with E-state index in [4.69, 9.17) is 0 Å². The van der Waals surface area contributed by atoms with Crippen molar-refractivity contribution in [1.82, 2.24) is 14.7 Å². The molecule has 2 heterocycles. The summed E-state index contributed by atoms with van der Waals surface area (Å²) in [5.41, 5.74) is 3.58. The van der Waals surface area contributed by atoms with E-state index in [0.29, 0.717) is 13.1 Å². The van der Waals surface area contributed by atoms with E-state index in [1.54, 1.807) is 0 Å². The van der Waals surface area contributed by atoms with E-state index < -0.39 is 0 Å². The Morgan fingerprint density at radius 3 is 2.38 bits per heavy atom. The molecule has 1 aromatic rings. The summed E-state index contributed by atoms with van der Waals surface area (Å²) in [6.07, 6.45) is 6.65. The lowest BCUT2D eigenvalue weighted by Crippen LogP contribution is -2.41. The zero-order valence-electron chi connectivity index (χ0n) is 15.6. The Kier molecular flexibility index (Phi) is 5.25. The third-order valence-electron chi connectivity index (χ3n) is 6.04. The number of aryl methyl sites for hydroxylation is 2. The Labute approximate surface area is 155 Å². The van der Waals surface area contributed by atoms with E-state index in [0.717, 1.165) is 70.4 Å². The van der Waals surface area contributed by atoms with Crippen molar-refractivity contribution in [3.8, 4) is 0 Å². The molecule has 2 aliphatic heterocycles. The second-order valence-electron chi connectivity index (χ2n) is 7.85. The number of benzene rings is 1. The standard InChI is InChI=1S/C21H29N3O2/c25-20(23-10-1-2-11-23)16-22-9-4-12-24(14-13-22)21(26)19-8-7-17-5-3-6-18(17)15-19/h7-8,15H,1-6,9-14,16H2. The number of carbonyl (C=O) groups is 2. The van der Waals surface area contributed by atoms with E-state index in [1.165, 1.54) is 17.5 Å². The molecule has 0 saturated carbocycles. The van der Waals surface area contributed by atoms with Gasteiger partial charge in [0, 0.05) is 44.8 Å². The van der Waals surface area contributed by atoms with Gasteiger partial charge in [0.15, 0.2) is 0 Å². The zero-order chi connectivity index (χ0) is 17.9. The fourth-order valence-corrected chi connectivity index (χ4v) is 4.48. The van der Waals surface area contributed by atoms with Crippen LogP contribution in [0.5, 0.6) is 0 Å². The zero-order valence-corrected chi connectivity index (χ0v) is 15.6. The first kappa shape index (κ1) is 17.5. The molecular formula is C21H29N3O2. The first-order valence-corrected chi connectivity index (χ1v) is 10.1. The minimum absolute atomic E-state index is 0.146. The number of hydrogen-bond acceptors (Lipinski definition) is 3. The van der Waals surface area contributed by atoms with Crippen LogP contribution < -0.4 is 0 Å². The molecular weight excluding hydrogens is 326 g/mol. The number of fused-ring (bicyclic) bond motifs is 1. The Morgan fingerprint density at radius 1 is 0.769 bits per heavy atom. The topological polar surface area (TPSA) is 43.9 Å². The van der Waals surface area contributed by atoms with Gasteiger partial charge < -0.3 is 9.80 Å². The number of nitrogens with zero attached hydrogens (tertiary/aromatic N) is 3. The van der Waals surface area contributed by atoms with Crippen LogP contribution in [-0.2, 0) is 17.6 Å².